The van der Waals surface area contributed by atoms with Crippen LogP contribution in [-0.2, 0) is 26.2 Å². The van der Waals surface area contributed by atoms with E-state index in [0.29, 0.717) is 17.1 Å². The van der Waals surface area contributed by atoms with Gasteiger partial charge in [-0.2, -0.15) is 0 Å². The van der Waals surface area contributed by atoms with Crippen molar-refractivity contribution in [1.82, 2.24) is 10.2 Å². The van der Waals surface area contributed by atoms with Crippen LogP contribution in [0.2, 0.25) is 15.1 Å². The number of aryl methyl sites for hydroxylation is 1. The SMILES string of the molecule is CCCCNC(=O)[C@H](C)N(Cc1ccccc1Cl)C(=O)CN(c1ccc(Cl)c(Cl)c1)S(=O)(=O)c1ccc(C)cc1. The molecule has 0 heterocycles. The molecule has 214 valence electrons. The first-order valence-corrected chi connectivity index (χ1v) is 15.4. The van der Waals surface area contributed by atoms with Gasteiger partial charge in [-0.05, 0) is 62.2 Å². The van der Waals surface area contributed by atoms with Gasteiger partial charge in [0.25, 0.3) is 10.0 Å². The molecular formula is C29H32Cl3N3O4S. The Morgan fingerprint density at radius 3 is 2.23 bits per heavy atom. The van der Waals surface area contributed by atoms with Crippen molar-refractivity contribution in [2.45, 2.75) is 51.1 Å². The summed E-state index contributed by atoms with van der Waals surface area (Å²) in [7, 11) is -4.22. The normalized spacial score (nSPS) is 12.1. The van der Waals surface area contributed by atoms with E-state index in [0.717, 1.165) is 22.7 Å². The fraction of sp³-hybridized carbons (Fsp3) is 0.310. The van der Waals surface area contributed by atoms with E-state index in [1.54, 1.807) is 43.3 Å². The van der Waals surface area contributed by atoms with Gasteiger partial charge in [0.05, 0.1) is 20.6 Å². The quantitative estimate of drug-likeness (QED) is 0.234. The third kappa shape index (κ3) is 7.91. The third-order valence-electron chi connectivity index (χ3n) is 6.37. The van der Waals surface area contributed by atoms with Crippen LogP contribution >= 0.6 is 34.8 Å². The number of rotatable bonds is 12. The lowest BCUT2D eigenvalue weighted by atomic mass is 10.1. The molecule has 0 aliphatic rings. The maximum atomic E-state index is 13.9. The van der Waals surface area contributed by atoms with Crippen molar-refractivity contribution in [2.75, 3.05) is 17.4 Å². The zero-order valence-corrected chi connectivity index (χ0v) is 25.6. The van der Waals surface area contributed by atoms with Gasteiger partial charge in [0.15, 0.2) is 0 Å². The van der Waals surface area contributed by atoms with Crippen molar-refractivity contribution in [2.24, 2.45) is 0 Å². The minimum absolute atomic E-state index is 0.0000154. The molecule has 0 bridgehead atoms. The van der Waals surface area contributed by atoms with Crippen LogP contribution in [0.3, 0.4) is 0 Å². The Morgan fingerprint density at radius 1 is 0.925 bits per heavy atom. The number of amides is 2. The number of sulfonamides is 1. The van der Waals surface area contributed by atoms with Crippen LogP contribution in [0.25, 0.3) is 0 Å². The molecule has 1 atom stereocenters. The maximum Gasteiger partial charge on any atom is 0.264 e. The molecule has 0 saturated heterocycles. The Bertz CT molecular complexity index is 1450. The Labute approximate surface area is 251 Å². The molecule has 0 aromatic heterocycles. The van der Waals surface area contributed by atoms with Gasteiger partial charge in [-0.25, -0.2) is 8.42 Å². The molecule has 3 aromatic rings. The summed E-state index contributed by atoms with van der Waals surface area (Å²) in [6.07, 6.45) is 1.68. The van der Waals surface area contributed by atoms with Gasteiger partial charge in [0.2, 0.25) is 11.8 Å². The molecular weight excluding hydrogens is 593 g/mol. The van der Waals surface area contributed by atoms with Crippen molar-refractivity contribution < 1.29 is 18.0 Å². The summed E-state index contributed by atoms with van der Waals surface area (Å²) in [5.74, 6) is -0.948. The van der Waals surface area contributed by atoms with E-state index >= 15 is 0 Å². The van der Waals surface area contributed by atoms with E-state index < -0.39 is 28.5 Å². The zero-order valence-electron chi connectivity index (χ0n) is 22.5. The number of halogens is 3. The van der Waals surface area contributed by atoms with Crippen LogP contribution in [0, 0.1) is 6.92 Å². The van der Waals surface area contributed by atoms with Gasteiger partial charge in [0, 0.05) is 18.1 Å². The number of anilines is 1. The average Bonchev–Trinajstić information content (AvgIpc) is 2.92. The number of unbranched alkanes of at least 4 members (excludes halogenated alkanes) is 1. The lowest BCUT2D eigenvalue weighted by molar-refractivity contribution is -0.139. The van der Waals surface area contributed by atoms with Crippen LogP contribution in [0.15, 0.2) is 71.6 Å². The van der Waals surface area contributed by atoms with Gasteiger partial charge in [-0.1, -0.05) is 84.0 Å². The van der Waals surface area contributed by atoms with Crippen molar-refractivity contribution in [3.8, 4) is 0 Å². The van der Waals surface area contributed by atoms with Gasteiger partial charge in [-0.15, -0.1) is 0 Å². The number of nitrogens with zero attached hydrogens (tertiary/aromatic N) is 2. The summed E-state index contributed by atoms with van der Waals surface area (Å²) in [6.45, 7) is 5.33. The molecule has 0 spiro atoms. The largest absolute Gasteiger partial charge is 0.354 e. The number of carbonyl (C=O) groups is 2. The predicted molar refractivity (Wildman–Crippen MR) is 162 cm³/mol. The van der Waals surface area contributed by atoms with Crippen LogP contribution in [0.4, 0.5) is 5.69 Å². The fourth-order valence-corrected chi connectivity index (χ4v) is 5.83. The van der Waals surface area contributed by atoms with Crippen LogP contribution < -0.4 is 9.62 Å². The monoisotopic (exact) mass is 623 g/mol. The molecule has 0 fully saturated rings. The second-order valence-corrected chi connectivity index (χ2v) is 12.4. The smallest absolute Gasteiger partial charge is 0.264 e. The molecule has 0 aliphatic heterocycles. The van der Waals surface area contributed by atoms with Crippen LogP contribution in [0.1, 0.15) is 37.8 Å². The lowest BCUT2D eigenvalue weighted by Gasteiger charge is -2.32. The number of benzene rings is 3. The second-order valence-electron chi connectivity index (χ2n) is 9.36. The van der Waals surface area contributed by atoms with Crippen molar-refractivity contribution in [3.63, 3.8) is 0 Å². The first-order chi connectivity index (χ1) is 18.9. The van der Waals surface area contributed by atoms with Gasteiger partial charge in [0.1, 0.15) is 12.6 Å². The van der Waals surface area contributed by atoms with Crippen LogP contribution in [-0.4, -0.2) is 44.3 Å². The fourth-order valence-electron chi connectivity index (χ4n) is 3.94. The molecule has 0 radical (unpaired) electrons. The molecule has 2 amide bonds. The highest BCUT2D eigenvalue weighted by molar-refractivity contribution is 7.92. The summed E-state index contributed by atoms with van der Waals surface area (Å²) in [4.78, 5) is 28.3. The van der Waals surface area contributed by atoms with Gasteiger partial charge < -0.3 is 10.2 Å². The second kappa shape index (κ2) is 14.2. The van der Waals surface area contributed by atoms with E-state index in [9.17, 15) is 18.0 Å². The molecule has 0 saturated carbocycles. The minimum atomic E-state index is -4.22. The predicted octanol–water partition coefficient (Wildman–Crippen LogP) is 6.48. The first-order valence-electron chi connectivity index (χ1n) is 12.8. The van der Waals surface area contributed by atoms with Crippen LogP contribution in [0.5, 0.6) is 0 Å². The average molecular weight is 625 g/mol. The van der Waals surface area contributed by atoms with E-state index in [1.807, 2.05) is 13.8 Å². The van der Waals surface area contributed by atoms with Crippen molar-refractivity contribution in [3.05, 3.63) is 92.9 Å². The standard InChI is InChI=1S/C29H32Cl3N3O4S/c1-4-5-16-33-29(37)21(3)34(18-22-8-6-7-9-25(22)30)28(36)19-35(23-12-15-26(31)27(32)17-23)40(38,39)24-13-10-20(2)11-14-24/h6-15,17,21H,4-5,16,18-19H2,1-3H3,(H,33,37)/t21-/m0/s1. The van der Waals surface area contributed by atoms with Crippen molar-refractivity contribution in [1.29, 1.82) is 0 Å². The molecule has 3 aromatic carbocycles. The third-order valence-corrected chi connectivity index (χ3v) is 9.27. The summed E-state index contributed by atoms with van der Waals surface area (Å²) in [6, 6.07) is 16.7. The van der Waals surface area contributed by atoms with E-state index in [1.165, 1.54) is 35.2 Å². The topological polar surface area (TPSA) is 86.8 Å². The van der Waals surface area contributed by atoms with Gasteiger partial charge in [-0.3, -0.25) is 13.9 Å². The molecule has 1 N–H and O–H groups in total. The molecule has 11 heteroatoms. The van der Waals surface area contributed by atoms with E-state index in [2.05, 4.69) is 5.32 Å². The highest BCUT2D eigenvalue weighted by Crippen LogP contribution is 2.31. The molecule has 3 rings (SSSR count). The summed E-state index contributed by atoms with van der Waals surface area (Å²) < 4.78 is 28.7. The molecule has 40 heavy (non-hydrogen) atoms. The van der Waals surface area contributed by atoms with E-state index in [4.69, 9.17) is 34.8 Å². The summed E-state index contributed by atoms with van der Waals surface area (Å²) in [5, 5.41) is 3.64. The highest BCUT2D eigenvalue weighted by atomic mass is 35.5. The Hall–Kier alpha value is -2.78. The highest BCUT2D eigenvalue weighted by Gasteiger charge is 2.33. The lowest BCUT2D eigenvalue weighted by Crippen LogP contribution is -2.51. The zero-order chi connectivity index (χ0) is 29.4. The number of carbonyl (C=O) groups excluding carboxylic acids is 2. The first kappa shape index (κ1) is 31.7. The summed E-state index contributed by atoms with van der Waals surface area (Å²) in [5.41, 5.74) is 1.65. The van der Waals surface area contributed by atoms with E-state index in [-0.39, 0.29) is 33.1 Å². The number of hydrogen-bond acceptors (Lipinski definition) is 4. The Balaban J connectivity index is 2.03. The molecule has 0 aliphatic carbocycles. The number of hydrogen-bond donors (Lipinski definition) is 1. The molecule has 0 unspecified atom stereocenters. The Morgan fingerprint density at radius 2 is 1.60 bits per heavy atom. The Kier molecular flexibility index (Phi) is 11.3. The summed E-state index contributed by atoms with van der Waals surface area (Å²) >= 11 is 18.7. The number of nitrogens with one attached hydrogen (secondary N) is 1. The molecule has 7 nitrogen and oxygen atoms in total. The van der Waals surface area contributed by atoms with Crippen molar-refractivity contribution >= 4 is 62.3 Å². The van der Waals surface area contributed by atoms with Gasteiger partial charge >= 0.3 is 0 Å². The minimum Gasteiger partial charge on any atom is -0.354 e. The maximum absolute atomic E-state index is 13.9.